The van der Waals surface area contributed by atoms with Crippen molar-refractivity contribution >= 4 is 27.7 Å². The SMILES string of the molecule is O=C(NCC(=O)N1CCOCC1)c1cccc(Br)c1. The molecule has 0 unspecified atom stereocenters. The molecule has 102 valence electrons. The lowest BCUT2D eigenvalue weighted by molar-refractivity contribution is -0.134. The molecule has 0 radical (unpaired) electrons. The van der Waals surface area contributed by atoms with E-state index in [4.69, 9.17) is 4.74 Å². The summed E-state index contributed by atoms with van der Waals surface area (Å²) in [6, 6.07) is 7.05. The van der Waals surface area contributed by atoms with E-state index in [1.54, 1.807) is 23.1 Å². The standard InChI is InChI=1S/C13H15BrN2O3/c14-11-3-1-2-10(8-11)13(18)15-9-12(17)16-4-6-19-7-5-16/h1-3,8H,4-7,9H2,(H,15,18). The largest absolute Gasteiger partial charge is 0.378 e. The topological polar surface area (TPSA) is 58.6 Å². The number of nitrogens with zero attached hydrogens (tertiary/aromatic N) is 1. The fourth-order valence-electron chi connectivity index (χ4n) is 1.81. The van der Waals surface area contributed by atoms with Gasteiger partial charge in [0.1, 0.15) is 0 Å². The average molecular weight is 327 g/mol. The van der Waals surface area contributed by atoms with Gasteiger partial charge >= 0.3 is 0 Å². The van der Waals surface area contributed by atoms with Gasteiger partial charge in [0.15, 0.2) is 0 Å². The molecule has 0 saturated carbocycles. The van der Waals surface area contributed by atoms with Crippen molar-refractivity contribution in [2.75, 3.05) is 32.8 Å². The lowest BCUT2D eigenvalue weighted by atomic mass is 10.2. The summed E-state index contributed by atoms with van der Waals surface area (Å²) in [6.07, 6.45) is 0. The molecule has 6 heteroatoms. The molecule has 1 fully saturated rings. The van der Waals surface area contributed by atoms with Gasteiger partial charge in [-0.25, -0.2) is 0 Å². The Bertz CT molecular complexity index is 473. The van der Waals surface area contributed by atoms with Crippen LogP contribution < -0.4 is 5.32 Å². The van der Waals surface area contributed by atoms with Crippen LogP contribution in [0.15, 0.2) is 28.7 Å². The van der Waals surface area contributed by atoms with Gasteiger partial charge in [0.25, 0.3) is 5.91 Å². The maximum atomic E-state index is 11.9. The van der Waals surface area contributed by atoms with Crippen LogP contribution in [0, 0.1) is 0 Å². The van der Waals surface area contributed by atoms with Crippen LogP contribution in [0.2, 0.25) is 0 Å². The maximum absolute atomic E-state index is 11.9. The second kappa shape index (κ2) is 6.68. The predicted octanol–water partition coefficient (Wildman–Crippen LogP) is 1.04. The molecule has 1 aliphatic rings. The molecule has 0 spiro atoms. The Balaban J connectivity index is 1.84. The molecular formula is C13H15BrN2O3. The zero-order chi connectivity index (χ0) is 13.7. The van der Waals surface area contributed by atoms with E-state index in [1.807, 2.05) is 6.07 Å². The van der Waals surface area contributed by atoms with Gasteiger partial charge in [-0.05, 0) is 18.2 Å². The lowest BCUT2D eigenvalue weighted by Gasteiger charge is -2.26. The Hall–Kier alpha value is -1.40. The third-order valence-corrected chi connectivity index (χ3v) is 3.34. The zero-order valence-corrected chi connectivity index (χ0v) is 12.0. The van der Waals surface area contributed by atoms with Crippen molar-refractivity contribution in [2.24, 2.45) is 0 Å². The number of nitrogens with one attached hydrogen (secondary N) is 1. The molecule has 1 aromatic carbocycles. The first-order valence-electron chi connectivity index (χ1n) is 6.06. The fourth-order valence-corrected chi connectivity index (χ4v) is 2.21. The number of rotatable bonds is 3. The van der Waals surface area contributed by atoms with Crippen LogP contribution in [-0.2, 0) is 9.53 Å². The molecule has 1 N–H and O–H groups in total. The molecule has 1 aliphatic heterocycles. The Labute approximate surface area is 120 Å². The number of hydrogen-bond donors (Lipinski definition) is 1. The number of morpholine rings is 1. The molecule has 0 bridgehead atoms. The molecule has 1 saturated heterocycles. The second-order valence-electron chi connectivity index (χ2n) is 4.19. The van der Waals surface area contributed by atoms with Crippen LogP contribution in [0.4, 0.5) is 0 Å². The minimum absolute atomic E-state index is 0.0192. The van der Waals surface area contributed by atoms with Crippen LogP contribution >= 0.6 is 15.9 Å². The molecule has 19 heavy (non-hydrogen) atoms. The summed E-state index contributed by atoms with van der Waals surface area (Å²) in [4.78, 5) is 25.4. The van der Waals surface area contributed by atoms with Crippen molar-refractivity contribution in [3.63, 3.8) is 0 Å². The highest BCUT2D eigenvalue weighted by Gasteiger charge is 2.17. The van der Waals surface area contributed by atoms with Crippen LogP contribution in [0.25, 0.3) is 0 Å². The van der Waals surface area contributed by atoms with Crippen molar-refractivity contribution in [1.82, 2.24) is 10.2 Å². The molecule has 0 aromatic heterocycles. The molecule has 0 aliphatic carbocycles. The van der Waals surface area contributed by atoms with Gasteiger partial charge < -0.3 is 15.0 Å². The highest BCUT2D eigenvalue weighted by atomic mass is 79.9. The number of halogens is 1. The van der Waals surface area contributed by atoms with Gasteiger partial charge in [0, 0.05) is 23.1 Å². The van der Waals surface area contributed by atoms with E-state index in [9.17, 15) is 9.59 Å². The Morgan fingerprint density at radius 1 is 1.32 bits per heavy atom. The summed E-state index contributed by atoms with van der Waals surface area (Å²) in [5.41, 5.74) is 0.532. The number of amides is 2. The van der Waals surface area contributed by atoms with Crippen molar-refractivity contribution in [3.05, 3.63) is 34.3 Å². The van der Waals surface area contributed by atoms with E-state index in [0.717, 1.165) is 4.47 Å². The summed E-state index contributed by atoms with van der Waals surface area (Å²) in [5.74, 6) is -0.324. The average Bonchev–Trinajstić information content (AvgIpc) is 2.45. The molecule has 2 rings (SSSR count). The quantitative estimate of drug-likeness (QED) is 0.902. The second-order valence-corrected chi connectivity index (χ2v) is 5.10. The van der Waals surface area contributed by atoms with Crippen LogP contribution in [0.5, 0.6) is 0 Å². The first-order chi connectivity index (χ1) is 9.16. The number of ether oxygens (including phenoxy) is 1. The summed E-state index contributed by atoms with van der Waals surface area (Å²) >= 11 is 3.30. The third kappa shape index (κ3) is 4.04. The van der Waals surface area contributed by atoms with Crippen LogP contribution in [0.3, 0.4) is 0 Å². The molecule has 5 nitrogen and oxygen atoms in total. The Morgan fingerprint density at radius 2 is 2.05 bits per heavy atom. The number of carbonyl (C=O) groups is 2. The van der Waals surface area contributed by atoms with Gasteiger partial charge in [-0.3, -0.25) is 9.59 Å². The Morgan fingerprint density at radius 3 is 2.74 bits per heavy atom. The zero-order valence-electron chi connectivity index (χ0n) is 10.4. The minimum atomic E-state index is -0.247. The van der Waals surface area contributed by atoms with Crippen molar-refractivity contribution < 1.29 is 14.3 Å². The van der Waals surface area contributed by atoms with Gasteiger partial charge in [-0.1, -0.05) is 22.0 Å². The van der Waals surface area contributed by atoms with E-state index >= 15 is 0 Å². The van der Waals surface area contributed by atoms with Gasteiger partial charge in [-0.2, -0.15) is 0 Å². The summed E-state index contributed by atoms with van der Waals surface area (Å²) in [7, 11) is 0. The number of benzene rings is 1. The van der Waals surface area contributed by atoms with Crippen molar-refractivity contribution in [1.29, 1.82) is 0 Å². The maximum Gasteiger partial charge on any atom is 0.251 e. The van der Waals surface area contributed by atoms with Gasteiger partial charge in [-0.15, -0.1) is 0 Å². The first-order valence-corrected chi connectivity index (χ1v) is 6.85. The van der Waals surface area contributed by atoms with Crippen LogP contribution in [-0.4, -0.2) is 49.6 Å². The third-order valence-electron chi connectivity index (χ3n) is 2.85. The van der Waals surface area contributed by atoms with E-state index in [0.29, 0.717) is 31.9 Å². The van der Waals surface area contributed by atoms with Gasteiger partial charge in [0.2, 0.25) is 5.91 Å². The summed E-state index contributed by atoms with van der Waals surface area (Å²) in [6.45, 7) is 2.32. The smallest absolute Gasteiger partial charge is 0.251 e. The fraction of sp³-hybridized carbons (Fsp3) is 0.385. The molecule has 0 atom stereocenters. The highest BCUT2D eigenvalue weighted by molar-refractivity contribution is 9.10. The van der Waals surface area contributed by atoms with E-state index < -0.39 is 0 Å². The number of hydrogen-bond acceptors (Lipinski definition) is 3. The Kier molecular flexibility index (Phi) is 4.93. The van der Waals surface area contributed by atoms with E-state index in [-0.39, 0.29) is 18.4 Å². The molecule has 1 aromatic rings. The summed E-state index contributed by atoms with van der Waals surface area (Å²) < 4.78 is 6.00. The van der Waals surface area contributed by atoms with E-state index in [1.165, 1.54) is 0 Å². The lowest BCUT2D eigenvalue weighted by Crippen LogP contribution is -2.45. The predicted molar refractivity (Wildman–Crippen MR) is 73.9 cm³/mol. The van der Waals surface area contributed by atoms with Crippen molar-refractivity contribution in [2.45, 2.75) is 0 Å². The molecule has 2 amide bonds. The normalized spacial score (nSPS) is 15.1. The van der Waals surface area contributed by atoms with E-state index in [2.05, 4.69) is 21.2 Å². The van der Waals surface area contributed by atoms with Crippen molar-refractivity contribution in [3.8, 4) is 0 Å². The molecular weight excluding hydrogens is 312 g/mol. The van der Waals surface area contributed by atoms with Crippen LogP contribution in [0.1, 0.15) is 10.4 Å². The summed E-state index contributed by atoms with van der Waals surface area (Å²) in [5, 5.41) is 2.63. The molecule has 1 heterocycles. The van der Waals surface area contributed by atoms with Gasteiger partial charge in [0.05, 0.1) is 19.8 Å². The first kappa shape index (κ1) is 14.0. The minimum Gasteiger partial charge on any atom is -0.378 e. The number of carbonyl (C=O) groups excluding carboxylic acids is 2. The highest BCUT2D eigenvalue weighted by Crippen LogP contribution is 2.11. The monoisotopic (exact) mass is 326 g/mol.